The van der Waals surface area contributed by atoms with Gasteiger partial charge in [-0.2, -0.15) is 0 Å². The van der Waals surface area contributed by atoms with Gasteiger partial charge in [0, 0.05) is 12.6 Å². The standard InChI is InChI=1S/C16H22FNO2/c1-15(2)13(16(15,3)4)9-18-14(19)11-7-6-10(20-5)8-12(11)17/h6-8,13H,9H2,1-5H3,(H,18,19). The Kier molecular flexibility index (Phi) is 3.53. The van der Waals surface area contributed by atoms with Crippen molar-refractivity contribution in [3.8, 4) is 5.75 Å². The molecule has 1 aromatic carbocycles. The predicted molar refractivity (Wildman–Crippen MR) is 76.3 cm³/mol. The Labute approximate surface area is 119 Å². The molecule has 0 spiro atoms. The van der Waals surface area contributed by atoms with Crippen molar-refractivity contribution in [3.05, 3.63) is 29.6 Å². The molecule has 1 aliphatic rings. The number of halogens is 1. The number of amides is 1. The van der Waals surface area contributed by atoms with Crippen LogP contribution in [0, 0.1) is 22.6 Å². The Bertz CT molecular complexity index is 523. The van der Waals surface area contributed by atoms with Gasteiger partial charge in [-0.05, 0) is 28.9 Å². The third kappa shape index (κ3) is 2.28. The quantitative estimate of drug-likeness (QED) is 0.918. The molecule has 0 atom stereocenters. The van der Waals surface area contributed by atoms with Crippen molar-refractivity contribution in [2.24, 2.45) is 16.7 Å². The molecule has 1 aliphatic carbocycles. The number of carbonyl (C=O) groups is 1. The summed E-state index contributed by atoms with van der Waals surface area (Å²) in [4.78, 5) is 12.0. The van der Waals surface area contributed by atoms with E-state index in [1.165, 1.54) is 19.2 Å². The summed E-state index contributed by atoms with van der Waals surface area (Å²) >= 11 is 0. The van der Waals surface area contributed by atoms with E-state index in [-0.39, 0.29) is 22.3 Å². The van der Waals surface area contributed by atoms with E-state index in [1.807, 2.05) is 0 Å². The molecule has 4 heteroatoms. The smallest absolute Gasteiger partial charge is 0.254 e. The van der Waals surface area contributed by atoms with Crippen LogP contribution in [-0.2, 0) is 0 Å². The van der Waals surface area contributed by atoms with Crippen molar-refractivity contribution in [2.75, 3.05) is 13.7 Å². The fraction of sp³-hybridized carbons (Fsp3) is 0.562. The molecule has 1 aromatic rings. The van der Waals surface area contributed by atoms with E-state index in [0.717, 1.165) is 0 Å². The summed E-state index contributed by atoms with van der Waals surface area (Å²) in [5.41, 5.74) is 0.472. The van der Waals surface area contributed by atoms with E-state index in [0.29, 0.717) is 18.2 Å². The zero-order valence-corrected chi connectivity index (χ0v) is 12.7. The van der Waals surface area contributed by atoms with Crippen LogP contribution in [0.3, 0.4) is 0 Å². The summed E-state index contributed by atoms with van der Waals surface area (Å²) in [6.07, 6.45) is 0. The maximum atomic E-state index is 13.8. The highest BCUT2D eigenvalue weighted by atomic mass is 19.1. The topological polar surface area (TPSA) is 38.3 Å². The molecule has 0 aliphatic heterocycles. The molecule has 110 valence electrons. The fourth-order valence-corrected chi connectivity index (χ4v) is 2.94. The van der Waals surface area contributed by atoms with Crippen LogP contribution in [0.1, 0.15) is 38.1 Å². The normalized spacial score (nSPS) is 19.5. The minimum absolute atomic E-state index is 0.0575. The molecule has 1 amide bonds. The molecule has 3 nitrogen and oxygen atoms in total. The number of ether oxygens (including phenoxy) is 1. The van der Waals surface area contributed by atoms with E-state index >= 15 is 0 Å². The molecule has 0 heterocycles. The molecule has 20 heavy (non-hydrogen) atoms. The third-order valence-corrected chi connectivity index (χ3v) is 5.21. The second-order valence-electron chi connectivity index (χ2n) is 6.55. The molecule has 1 fully saturated rings. The lowest BCUT2D eigenvalue weighted by molar-refractivity contribution is 0.0946. The van der Waals surface area contributed by atoms with Gasteiger partial charge in [0.05, 0.1) is 12.7 Å². The average Bonchev–Trinajstić information content (AvgIpc) is 2.76. The first kappa shape index (κ1) is 14.8. The molecular formula is C16H22FNO2. The summed E-state index contributed by atoms with van der Waals surface area (Å²) in [6.45, 7) is 9.34. The Morgan fingerprint density at radius 2 is 1.90 bits per heavy atom. The van der Waals surface area contributed by atoms with Crippen LogP contribution in [0.2, 0.25) is 0 Å². The number of rotatable bonds is 4. The molecule has 1 N–H and O–H groups in total. The summed E-state index contributed by atoms with van der Waals surface area (Å²) in [6, 6.07) is 4.26. The Hall–Kier alpha value is -1.58. The largest absolute Gasteiger partial charge is 0.497 e. The summed E-state index contributed by atoms with van der Waals surface area (Å²) in [7, 11) is 1.46. The Morgan fingerprint density at radius 1 is 1.30 bits per heavy atom. The maximum Gasteiger partial charge on any atom is 0.254 e. The van der Waals surface area contributed by atoms with Crippen LogP contribution in [-0.4, -0.2) is 19.6 Å². The van der Waals surface area contributed by atoms with E-state index in [9.17, 15) is 9.18 Å². The van der Waals surface area contributed by atoms with Gasteiger partial charge in [-0.3, -0.25) is 4.79 Å². The van der Waals surface area contributed by atoms with Gasteiger partial charge in [0.1, 0.15) is 11.6 Å². The lowest BCUT2D eigenvalue weighted by Gasteiger charge is -2.08. The molecule has 0 unspecified atom stereocenters. The first-order chi connectivity index (χ1) is 9.21. The van der Waals surface area contributed by atoms with Gasteiger partial charge in [0.15, 0.2) is 0 Å². The number of methoxy groups -OCH3 is 1. The fourth-order valence-electron chi connectivity index (χ4n) is 2.94. The van der Waals surface area contributed by atoms with Gasteiger partial charge < -0.3 is 10.1 Å². The number of benzene rings is 1. The first-order valence-electron chi connectivity index (χ1n) is 6.83. The summed E-state index contributed by atoms with van der Waals surface area (Å²) < 4.78 is 18.7. The first-order valence-corrected chi connectivity index (χ1v) is 6.83. The zero-order valence-electron chi connectivity index (χ0n) is 12.7. The molecule has 1 saturated carbocycles. The van der Waals surface area contributed by atoms with Crippen LogP contribution in [0.25, 0.3) is 0 Å². The third-order valence-electron chi connectivity index (χ3n) is 5.21. The van der Waals surface area contributed by atoms with Crippen molar-refractivity contribution in [3.63, 3.8) is 0 Å². The van der Waals surface area contributed by atoms with Gasteiger partial charge in [-0.15, -0.1) is 0 Å². The van der Waals surface area contributed by atoms with E-state index < -0.39 is 5.82 Å². The van der Waals surface area contributed by atoms with Crippen molar-refractivity contribution < 1.29 is 13.9 Å². The second-order valence-corrected chi connectivity index (χ2v) is 6.55. The van der Waals surface area contributed by atoms with Crippen LogP contribution < -0.4 is 10.1 Å². The van der Waals surface area contributed by atoms with Crippen LogP contribution >= 0.6 is 0 Å². The SMILES string of the molecule is COc1ccc(C(=O)NCC2C(C)(C)C2(C)C)c(F)c1. The molecule has 0 bridgehead atoms. The van der Waals surface area contributed by atoms with Crippen molar-refractivity contribution in [1.82, 2.24) is 5.32 Å². The number of nitrogens with one attached hydrogen (secondary N) is 1. The van der Waals surface area contributed by atoms with Gasteiger partial charge in [0.2, 0.25) is 0 Å². The van der Waals surface area contributed by atoms with Crippen LogP contribution in [0.4, 0.5) is 4.39 Å². The molecule has 2 rings (SSSR count). The lowest BCUT2D eigenvalue weighted by atomic mass is 10.0. The molecule has 0 aromatic heterocycles. The summed E-state index contributed by atoms with van der Waals surface area (Å²) in [5.74, 6) is -0.108. The highest BCUT2D eigenvalue weighted by Gasteiger charge is 2.64. The molecule has 0 radical (unpaired) electrons. The maximum absolute atomic E-state index is 13.8. The highest BCUT2D eigenvalue weighted by molar-refractivity contribution is 5.94. The minimum Gasteiger partial charge on any atom is -0.497 e. The van der Waals surface area contributed by atoms with Crippen molar-refractivity contribution >= 4 is 5.91 Å². The number of hydrogen-bond donors (Lipinski definition) is 1. The average molecular weight is 279 g/mol. The lowest BCUT2D eigenvalue weighted by Crippen LogP contribution is -2.27. The van der Waals surface area contributed by atoms with Crippen LogP contribution in [0.15, 0.2) is 18.2 Å². The van der Waals surface area contributed by atoms with Gasteiger partial charge in [-0.1, -0.05) is 27.7 Å². The molecular weight excluding hydrogens is 257 g/mol. The second kappa shape index (κ2) is 4.76. The van der Waals surface area contributed by atoms with Gasteiger partial charge in [-0.25, -0.2) is 4.39 Å². The van der Waals surface area contributed by atoms with E-state index in [4.69, 9.17) is 4.74 Å². The van der Waals surface area contributed by atoms with Crippen molar-refractivity contribution in [2.45, 2.75) is 27.7 Å². The Morgan fingerprint density at radius 3 is 2.35 bits per heavy atom. The van der Waals surface area contributed by atoms with Gasteiger partial charge >= 0.3 is 0 Å². The number of carbonyl (C=O) groups excluding carboxylic acids is 1. The Balaban J connectivity index is 2.00. The molecule has 0 saturated heterocycles. The number of hydrogen-bond acceptors (Lipinski definition) is 2. The van der Waals surface area contributed by atoms with E-state index in [2.05, 4.69) is 33.0 Å². The van der Waals surface area contributed by atoms with Crippen LogP contribution in [0.5, 0.6) is 5.75 Å². The van der Waals surface area contributed by atoms with Gasteiger partial charge in [0.25, 0.3) is 5.91 Å². The van der Waals surface area contributed by atoms with Crippen molar-refractivity contribution in [1.29, 1.82) is 0 Å². The monoisotopic (exact) mass is 279 g/mol. The zero-order chi connectivity index (χ0) is 15.1. The van der Waals surface area contributed by atoms with E-state index in [1.54, 1.807) is 6.07 Å². The highest BCUT2D eigenvalue weighted by Crippen LogP contribution is 2.67. The predicted octanol–water partition coefficient (Wildman–Crippen LogP) is 3.25. The summed E-state index contributed by atoms with van der Waals surface area (Å²) in [5, 5.41) is 2.83. The minimum atomic E-state index is -0.559.